The van der Waals surface area contributed by atoms with Crippen LogP contribution in [0.25, 0.3) is 11.3 Å². The van der Waals surface area contributed by atoms with E-state index in [1.54, 1.807) is 23.0 Å². The van der Waals surface area contributed by atoms with Crippen molar-refractivity contribution in [2.75, 3.05) is 10.6 Å². The second-order valence-corrected chi connectivity index (χ2v) is 9.52. The summed E-state index contributed by atoms with van der Waals surface area (Å²) in [5, 5.41) is 13.8. The molecule has 1 aliphatic rings. The number of nitrogens with one attached hydrogen (secondary N) is 3. The van der Waals surface area contributed by atoms with E-state index in [0.29, 0.717) is 28.6 Å². The Balaban J connectivity index is 1.64. The fraction of sp³-hybridized carbons (Fsp3) is 0.360. The Bertz CT molecular complexity index is 1160. The Morgan fingerprint density at radius 3 is 2.35 bits per heavy atom. The van der Waals surface area contributed by atoms with Crippen LogP contribution in [0.5, 0.6) is 0 Å². The fourth-order valence-corrected chi connectivity index (χ4v) is 4.15. The molecule has 0 unspecified atom stereocenters. The summed E-state index contributed by atoms with van der Waals surface area (Å²) in [7, 11) is 0. The molecule has 1 aliphatic carbocycles. The highest BCUT2D eigenvalue weighted by Gasteiger charge is 2.29. The molecule has 178 valence electrons. The van der Waals surface area contributed by atoms with Crippen LogP contribution in [-0.2, 0) is 5.54 Å². The number of primary amides is 1. The van der Waals surface area contributed by atoms with Gasteiger partial charge in [0.2, 0.25) is 0 Å². The number of amides is 3. The summed E-state index contributed by atoms with van der Waals surface area (Å²) in [5.74, 6) is 0.462. The standard InChI is InChI=1S/C25H31N7O2/c1-25(2,3)32-23(30-19-10-6-7-15-27-19)20(22(26)33)21(31-32)16-11-13-18(14-12-16)29-24(34)28-17-8-4-5-9-17/h6-7,10-15,17H,4-5,8-9H2,1-3H3,(H2,26,33)(H,27,30)(H2,28,29,34). The van der Waals surface area contributed by atoms with E-state index in [-0.39, 0.29) is 17.6 Å². The Labute approximate surface area is 199 Å². The van der Waals surface area contributed by atoms with Crippen LogP contribution in [0.3, 0.4) is 0 Å². The third-order valence-corrected chi connectivity index (χ3v) is 5.79. The van der Waals surface area contributed by atoms with Crippen molar-refractivity contribution in [2.45, 2.75) is 58.0 Å². The molecule has 0 saturated heterocycles. The highest BCUT2D eigenvalue weighted by Crippen LogP contribution is 2.34. The average molecular weight is 462 g/mol. The number of aromatic nitrogens is 3. The first-order chi connectivity index (χ1) is 16.2. The molecule has 0 spiro atoms. The molecule has 2 heterocycles. The normalized spacial score (nSPS) is 14.1. The molecule has 4 rings (SSSR count). The molecule has 2 aromatic heterocycles. The van der Waals surface area contributed by atoms with E-state index < -0.39 is 11.4 Å². The number of nitrogens with two attached hydrogens (primary N) is 1. The predicted octanol–water partition coefficient (Wildman–Crippen LogP) is 4.61. The van der Waals surface area contributed by atoms with Crippen molar-refractivity contribution in [3.05, 3.63) is 54.2 Å². The number of hydrogen-bond donors (Lipinski definition) is 4. The van der Waals surface area contributed by atoms with Gasteiger partial charge in [-0.3, -0.25) is 4.79 Å². The summed E-state index contributed by atoms with van der Waals surface area (Å²) < 4.78 is 1.75. The van der Waals surface area contributed by atoms with Crippen LogP contribution in [0, 0.1) is 0 Å². The van der Waals surface area contributed by atoms with Gasteiger partial charge in [0, 0.05) is 23.5 Å². The van der Waals surface area contributed by atoms with Crippen LogP contribution in [-0.4, -0.2) is 32.7 Å². The van der Waals surface area contributed by atoms with E-state index in [1.807, 2.05) is 51.1 Å². The lowest BCUT2D eigenvalue weighted by molar-refractivity contribution is 0.100. The largest absolute Gasteiger partial charge is 0.365 e. The van der Waals surface area contributed by atoms with Gasteiger partial charge in [0.25, 0.3) is 5.91 Å². The molecule has 1 fully saturated rings. The van der Waals surface area contributed by atoms with Gasteiger partial charge in [-0.25, -0.2) is 14.5 Å². The van der Waals surface area contributed by atoms with Gasteiger partial charge >= 0.3 is 6.03 Å². The highest BCUT2D eigenvalue weighted by atomic mass is 16.2. The minimum absolute atomic E-state index is 0.212. The maximum absolute atomic E-state index is 12.6. The van der Waals surface area contributed by atoms with Crippen molar-refractivity contribution in [3.63, 3.8) is 0 Å². The summed E-state index contributed by atoms with van der Waals surface area (Å²) in [5.41, 5.74) is 7.49. The van der Waals surface area contributed by atoms with Gasteiger partial charge in [-0.05, 0) is 57.9 Å². The first kappa shape index (κ1) is 23.3. The molecule has 1 saturated carbocycles. The van der Waals surface area contributed by atoms with Crippen molar-refractivity contribution in [3.8, 4) is 11.3 Å². The topological polar surface area (TPSA) is 127 Å². The zero-order valence-electron chi connectivity index (χ0n) is 19.8. The first-order valence-corrected chi connectivity index (χ1v) is 11.5. The van der Waals surface area contributed by atoms with Gasteiger partial charge in [-0.2, -0.15) is 5.10 Å². The molecule has 9 nitrogen and oxygen atoms in total. The Morgan fingerprint density at radius 1 is 1.06 bits per heavy atom. The number of urea groups is 1. The lowest BCUT2D eigenvalue weighted by Gasteiger charge is -2.23. The SMILES string of the molecule is CC(C)(C)n1nc(-c2ccc(NC(=O)NC3CCCC3)cc2)c(C(N)=O)c1Nc1ccccn1. The Hall–Kier alpha value is -3.88. The molecule has 0 radical (unpaired) electrons. The maximum Gasteiger partial charge on any atom is 0.319 e. The van der Waals surface area contributed by atoms with Gasteiger partial charge < -0.3 is 21.7 Å². The molecule has 0 aliphatic heterocycles. The third-order valence-electron chi connectivity index (χ3n) is 5.79. The minimum atomic E-state index is -0.595. The summed E-state index contributed by atoms with van der Waals surface area (Å²) >= 11 is 0. The molecule has 1 aromatic carbocycles. The van der Waals surface area contributed by atoms with Crippen molar-refractivity contribution in [1.29, 1.82) is 0 Å². The van der Waals surface area contributed by atoms with E-state index in [9.17, 15) is 9.59 Å². The zero-order chi connectivity index (χ0) is 24.3. The van der Waals surface area contributed by atoms with E-state index in [0.717, 1.165) is 25.7 Å². The summed E-state index contributed by atoms with van der Waals surface area (Å²) in [4.78, 5) is 29.2. The lowest BCUT2D eigenvalue weighted by Crippen LogP contribution is -2.36. The number of benzene rings is 1. The number of hydrogen-bond acceptors (Lipinski definition) is 5. The number of nitrogens with zero attached hydrogens (tertiary/aromatic N) is 3. The van der Waals surface area contributed by atoms with Crippen molar-refractivity contribution in [1.82, 2.24) is 20.1 Å². The Morgan fingerprint density at radius 2 is 1.76 bits per heavy atom. The molecule has 3 aromatic rings. The molecular formula is C25H31N7O2. The second-order valence-electron chi connectivity index (χ2n) is 9.52. The van der Waals surface area contributed by atoms with Crippen LogP contribution in [0.4, 0.5) is 22.1 Å². The van der Waals surface area contributed by atoms with E-state index in [2.05, 4.69) is 20.9 Å². The zero-order valence-corrected chi connectivity index (χ0v) is 19.8. The molecule has 0 bridgehead atoms. The van der Waals surface area contributed by atoms with Crippen LogP contribution in [0.15, 0.2) is 48.7 Å². The van der Waals surface area contributed by atoms with Crippen molar-refractivity contribution in [2.24, 2.45) is 5.73 Å². The monoisotopic (exact) mass is 461 g/mol. The predicted molar refractivity (Wildman–Crippen MR) is 133 cm³/mol. The fourth-order valence-electron chi connectivity index (χ4n) is 4.15. The maximum atomic E-state index is 12.6. The first-order valence-electron chi connectivity index (χ1n) is 11.5. The molecule has 0 atom stereocenters. The quantitative estimate of drug-likeness (QED) is 0.426. The number of anilines is 3. The number of pyridine rings is 1. The van der Waals surface area contributed by atoms with Crippen LogP contribution >= 0.6 is 0 Å². The van der Waals surface area contributed by atoms with Crippen LogP contribution < -0.4 is 21.7 Å². The Kier molecular flexibility index (Phi) is 6.54. The average Bonchev–Trinajstić information content (AvgIpc) is 3.42. The van der Waals surface area contributed by atoms with E-state index in [1.165, 1.54) is 0 Å². The van der Waals surface area contributed by atoms with Gasteiger partial charge in [0.05, 0.1) is 5.54 Å². The highest BCUT2D eigenvalue weighted by molar-refractivity contribution is 6.04. The second kappa shape index (κ2) is 9.54. The molecular weight excluding hydrogens is 430 g/mol. The van der Waals surface area contributed by atoms with Crippen LogP contribution in [0.1, 0.15) is 56.8 Å². The van der Waals surface area contributed by atoms with E-state index in [4.69, 9.17) is 10.8 Å². The van der Waals surface area contributed by atoms with Gasteiger partial charge in [-0.15, -0.1) is 0 Å². The van der Waals surface area contributed by atoms with Crippen molar-refractivity contribution < 1.29 is 9.59 Å². The van der Waals surface area contributed by atoms with E-state index >= 15 is 0 Å². The van der Waals surface area contributed by atoms with Crippen molar-refractivity contribution >= 4 is 29.3 Å². The van der Waals surface area contributed by atoms with Gasteiger partial charge in [0.15, 0.2) is 0 Å². The molecule has 34 heavy (non-hydrogen) atoms. The molecule has 9 heteroatoms. The smallest absolute Gasteiger partial charge is 0.319 e. The molecule has 3 amide bonds. The van der Waals surface area contributed by atoms with Gasteiger partial charge in [-0.1, -0.05) is 31.0 Å². The number of rotatable bonds is 6. The van der Waals surface area contributed by atoms with Gasteiger partial charge in [0.1, 0.15) is 22.9 Å². The number of carbonyl (C=O) groups excluding carboxylic acids is 2. The lowest BCUT2D eigenvalue weighted by atomic mass is 10.1. The summed E-state index contributed by atoms with van der Waals surface area (Å²) in [6, 6.07) is 12.7. The number of carbonyl (C=O) groups is 2. The third kappa shape index (κ3) is 5.19. The summed E-state index contributed by atoms with van der Waals surface area (Å²) in [6.45, 7) is 5.98. The summed E-state index contributed by atoms with van der Waals surface area (Å²) in [6.07, 6.45) is 6.02. The van der Waals surface area contributed by atoms with Crippen LogP contribution in [0.2, 0.25) is 0 Å². The molecule has 5 N–H and O–H groups in total. The minimum Gasteiger partial charge on any atom is -0.365 e.